The number of likely N-dealkylation sites (N-methyl/N-ethyl adjacent to an activating group) is 2. The quantitative estimate of drug-likeness (QED) is 0.408. The summed E-state index contributed by atoms with van der Waals surface area (Å²) in [5.74, 6) is -1.39. The zero-order chi connectivity index (χ0) is 20.6. The zero-order valence-electron chi connectivity index (χ0n) is 15.2. The minimum atomic E-state index is -0.718. The summed E-state index contributed by atoms with van der Waals surface area (Å²) in [6.45, 7) is 0. The van der Waals surface area contributed by atoms with Crippen molar-refractivity contribution in [2.24, 2.45) is 0 Å². The smallest absolute Gasteiger partial charge is 0.338 e. The summed E-state index contributed by atoms with van der Waals surface area (Å²) < 4.78 is 11.2. The fraction of sp³-hybridized carbons (Fsp3) is 0.158. The lowest BCUT2D eigenvalue weighted by Gasteiger charge is -2.28. The lowest BCUT2D eigenvalue weighted by atomic mass is 10.1. The van der Waals surface area contributed by atoms with E-state index in [1.54, 1.807) is 30.3 Å². The van der Waals surface area contributed by atoms with Crippen LogP contribution in [0.4, 0.5) is 4.79 Å². The Morgan fingerprint density at radius 2 is 1.71 bits per heavy atom. The largest absolute Gasteiger partial charge is 0.465 e. The number of hydrogen-bond donors (Lipinski definition) is 0. The van der Waals surface area contributed by atoms with Gasteiger partial charge in [-0.1, -0.05) is 15.9 Å². The van der Waals surface area contributed by atoms with Gasteiger partial charge >= 0.3 is 12.0 Å². The SMILES string of the molecule is COC(=O)c1cc(Br)ccc1-c1ccc(C=C2C(=O)N(C)C(=O)N(C)C2=O)o1. The highest BCUT2D eigenvalue weighted by atomic mass is 79.9. The Bertz CT molecular complexity index is 1010. The Balaban J connectivity index is 2.01. The number of hydrogen-bond acceptors (Lipinski definition) is 6. The van der Waals surface area contributed by atoms with E-state index in [0.717, 1.165) is 9.80 Å². The molecular formula is C19H15BrN2O6. The highest BCUT2D eigenvalue weighted by Crippen LogP contribution is 2.30. The van der Waals surface area contributed by atoms with Gasteiger partial charge in [-0.3, -0.25) is 19.4 Å². The van der Waals surface area contributed by atoms with Gasteiger partial charge in [-0.15, -0.1) is 0 Å². The van der Waals surface area contributed by atoms with Gasteiger partial charge in [-0.05, 0) is 36.4 Å². The number of barbiturate groups is 1. The van der Waals surface area contributed by atoms with Gasteiger partial charge in [0.25, 0.3) is 11.8 Å². The van der Waals surface area contributed by atoms with Gasteiger partial charge in [0.15, 0.2) is 0 Å². The molecule has 0 atom stereocenters. The van der Waals surface area contributed by atoms with E-state index in [-0.39, 0.29) is 11.3 Å². The van der Waals surface area contributed by atoms with Crippen molar-refractivity contribution in [1.29, 1.82) is 0 Å². The van der Waals surface area contributed by atoms with Gasteiger partial charge in [0.05, 0.1) is 12.7 Å². The van der Waals surface area contributed by atoms with Crippen LogP contribution in [0.25, 0.3) is 17.4 Å². The standard InChI is InChI=1S/C19H15BrN2O6/c1-21-16(23)14(17(24)22(2)19(21)26)9-11-5-7-15(28-11)12-6-4-10(20)8-13(12)18(25)27-3/h4-9H,1-3H3. The van der Waals surface area contributed by atoms with Gasteiger partial charge in [-0.25, -0.2) is 9.59 Å². The molecule has 2 heterocycles. The van der Waals surface area contributed by atoms with Gasteiger partial charge < -0.3 is 9.15 Å². The number of furan rings is 1. The molecule has 3 rings (SSSR count). The van der Waals surface area contributed by atoms with Crippen molar-refractivity contribution in [2.75, 3.05) is 21.2 Å². The zero-order valence-corrected chi connectivity index (χ0v) is 16.8. The molecular weight excluding hydrogens is 432 g/mol. The lowest BCUT2D eigenvalue weighted by Crippen LogP contribution is -2.52. The second-order valence-electron chi connectivity index (χ2n) is 5.95. The van der Waals surface area contributed by atoms with Crippen molar-refractivity contribution in [3.63, 3.8) is 0 Å². The van der Waals surface area contributed by atoms with Crippen LogP contribution in [0.5, 0.6) is 0 Å². The average molecular weight is 447 g/mol. The van der Waals surface area contributed by atoms with E-state index in [1.807, 2.05) is 0 Å². The van der Waals surface area contributed by atoms with Gasteiger partial charge in [0.1, 0.15) is 17.1 Å². The van der Waals surface area contributed by atoms with Crippen LogP contribution in [0, 0.1) is 0 Å². The molecule has 8 nitrogen and oxygen atoms in total. The Labute approximate surface area is 168 Å². The third-order valence-corrected chi connectivity index (χ3v) is 4.70. The van der Waals surface area contributed by atoms with Crippen molar-refractivity contribution in [3.8, 4) is 11.3 Å². The Kier molecular flexibility index (Phi) is 5.19. The maximum atomic E-state index is 12.3. The maximum absolute atomic E-state index is 12.3. The minimum absolute atomic E-state index is 0.200. The number of benzene rings is 1. The first-order chi connectivity index (χ1) is 13.2. The molecule has 1 aromatic carbocycles. The van der Waals surface area contributed by atoms with Gasteiger partial charge in [-0.2, -0.15) is 0 Å². The van der Waals surface area contributed by atoms with Crippen LogP contribution in [-0.2, 0) is 14.3 Å². The molecule has 0 aliphatic carbocycles. The second-order valence-corrected chi connectivity index (χ2v) is 6.87. The molecule has 2 aromatic rings. The van der Waals surface area contributed by atoms with Crippen molar-refractivity contribution < 1.29 is 28.3 Å². The molecule has 0 radical (unpaired) electrons. The third-order valence-electron chi connectivity index (χ3n) is 4.21. The molecule has 28 heavy (non-hydrogen) atoms. The fourth-order valence-electron chi connectivity index (χ4n) is 2.70. The Hall–Kier alpha value is -3.20. The van der Waals surface area contributed by atoms with Crippen molar-refractivity contribution in [3.05, 3.63) is 51.7 Å². The number of urea groups is 1. The summed E-state index contributed by atoms with van der Waals surface area (Å²) in [5.41, 5.74) is 0.584. The number of methoxy groups -OCH3 is 1. The van der Waals surface area contributed by atoms with E-state index < -0.39 is 23.8 Å². The lowest BCUT2D eigenvalue weighted by molar-refractivity contribution is -0.134. The summed E-state index contributed by atoms with van der Waals surface area (Å²) in [4.78, 5) is 50.1. The van der Waals surface area contributed by atoms with E-state index in [1.165, 1.54) is 27.3 Å². The van der Waals surface area contributed by atoms with Crippen molar-refractivity contribution in [2.45, 2.75) is 0 Å². The first-order valence-corrected chi connectivity index (χ1v) is 8.83. The molecule has 0 unspecified atom stereocenters. The summed E-state index contributed by atoms with van der Waals surface area (Å²) in [6, 6.07) is 7.49. The highest BCUT2D eigenvalue weighted by Gasteiger charge is 2.38. The minimum Gasteiger partial charge on any atom is -0.465 e. The van der Waals surface area contributed by atoms with Gasteiger partial charge in [0, 0.05) is 24.1 Å². The third kappa shape index (κ3) is 3.36. The molecule has 1 saturated heterocycles. The number of carbonyl (C=O) groups excluding carboxylic acids is 4. The fourth-order valence-corrected chi connectivity index (χ4v) is 3.06. The molecule has 9 heteroatoms. The number of esters is 1. The van der Waals surface area contributed by atoms with Crippen LogP contribution in [-0.4, -0.2) is 54.8 Å². The number of carbonyl (C=O) groups is 4. The molecule has 0 bridgehead atoms. The molecule has 0 N–H and O–H groups in total. The summed E-state index contributed by atoms with van der Waals surface area (Å²) in [5, 5.41) is 0. The van der Waals surface area contributed by atoms with E-state index in [2.05, 4.69) is 15.9 Å². The first kappa shape index (κ1) is 19.6. The number of rotatable bonds is 3. The monoisotopic (exact) mass is 446 g/mol. The number of amides is 4. The number of ether oxygens (including phenoxy) is 1. The predicted molar refractivity (Wildman–Crippen MR) is 102 cm³/mol. The maximum Gasteiger partial charge on any atom is 0.338 e. The van der Waals surface area contributed by atoms with Crippen molar-refractivity contribution >= 4 is 45.8 Å². The van der Waals surface area contributed by atoms with E-state index in [4.69, 9.17) is 9.15 Å². The number of halogens is 1. The predicted octanol–water partition coefficient (Wildman–Crippen LogP) is 2.93. The average Bonchev–Trinajstić information content (AvgIpc) is 3.16. The number of imide groups is 2. The summed E-state index contributed by atoms with van der Waals surface area (Å²) >= 11 is 3.31. The first-order valence-electron chi connectivity index (χ1n) is 8.04. The highest BCUT2D eigenvalue weighted by molar-refractivity contribution is 9.10. The molecule has 1 fully saturated rings. The molecule has 0 saturated carbocycles. The molecule has 144 valence electrons. The van der Waals surface area contributed by atoms with Gasteiger partial charge in [0.2, 0.25) is 0 Å². The summed E-state index contributed by atoms with van der Waals surface area (Å²) in [6.07, 6.45) is 1.27. The van der Waals surface area contributed by atoms with Crippen LogP contribution in [0.3, 0.4) is 0 Å². The Morgan fingerprint density at radius 3 is 2.32 bits per heavy atom. The van der Waals surface area contributed by atoms with E-state index in [0.29, 0.717) is 21.4 Å². The normalized spacial score (nSPS) is 14.6. The number of nitrogens with zero attached hydrogens (tertiary/aromatic N) is 2. The van der Waals surface area contributed by atoms with Crippen LogP contribution < -0.4 is 0 Å². The van der Waals surface area contributed by atoms with Crippen molar-refractivity contribution in [1.82, 2.24) is 9.80 Å². The topological polar surface area (TPSA) is 97.1 Å². The van der Waals surface area contributed by atoms with Crippen LogP contribution >= 0.6 is 15.9 Å². The van der Waals surface area contributed by atoms with E-state index in [9.17, 15) is 19.2 Å². The summed E-state index contributed by atoms with van der Waals surface area (Å²) in [7, 11) is 3.86. The van der Waals surface area contributed by atoms with Crippen LogP contribution in [0.15, 0.2) is 44.8 Å². The Morgan fingerprint density at radius 1 is 1.07 bits per heavy atom. The molecule has 1 aromatic heterocycles. The molecule has 0 spiro atoms. The van der Waals surface area contributed by atoms with Crippen LogP contribution in [0.2, 0.25) is 0 Å². The molecule has 4 amide bonds. The second kappa shape index (κ2) is 7.43. The molecule has 1 aliphatic rings. The van der Waals surface area contributed by atoms with E-state index >= 15 is 0 Å². The molecule has 1 aliphatic heterocycles. The van der Waals surface area contributed by atoms with Crippen LogP contribution in [0.1, 0.15) is 16.1 Å².